The van der Waals surface area contributed by atoms with Crippen LogP contribution in [0.1, 0.15) is 24.1 Å². The van der Waals surface area contributed by atoms with E-state index in [1.807, 2.05) is 6.07 Å². The normalized spacial score (nSPS) is 14.4. The standard InChI is InChI=1S/C18H21N2.HI/c1-19-13-3-2-6-17(19)10-7-16-8-11-18(12-9-16)20-14-4-5-15-20;/h2-3,6-13H,4-5,14-15H2,1H3;1H/q+1;/p-1. The molecule has 0 spiro atoms. The number of aromatic nitrogens is 1. The average molecular weight is 392 g/mol. The molecule has 0 unspecified atom stereocenters. The van der Waals surface area contributed by atoms with Crippen LogP contribution in [0.15, 0.2) is 48.7 Å². The zero-order chi connectivity index (χ0) is 13.8. The van der Waals surface area contributed by atoms with Crippen LogP contribution >= 0.6 is 0 Å². The largest absolute Gasteiger partial charge is 1.00 e. The third-order valence-corrected chi connectivity index (χ3v) is 3.91. The van der Waals surface area contributed by atoms with Crippen LogP contribution in [-0.4, -0.2) is 13.1 Å². The minimum absolute atomic E-state index is 0. The Bertz CT molecular complexity index is 599. The van der Waals surface area contributed by atoms with E-state index in [9.17, 15) is 0 Å². The minimum Gasteiger partial charge on any atom is -1.00 e. The summed E-state index contributed by atoms with van der Waals surface area (Å²) in [5.74, 6) is 0. The summed E-state index contributed by atoms with van der Waals surface area (Å²) in [5.41, 5.74) is 3.80. The lowest BCUT2D eigenvalue weighted by Crippen LogP contribution is -3.00. The summed E-state index contributed by atoms with van der Waals surface area (Å²) in [6, 6.07) is 15.1. The van der Waals surface area contributed by atoms with E-state index in [2.05, 4.69) is 71.3 Å². The molecule has 1 aliphatic heterocycles. The van der Waals surface area contributed by atoms with Crippen molar-refractivity contribution in [2.45, 2.75) is 12.8 Å². The van der Waals surface area contributed by atoms with Gasteiger partial charge in [0, 0.05) is 37.0 Å². The van der Waals surface area contributed by atoms with Gasteiger partial charge < -0.3 is 28.9 Å². The van der Waals surface area contributed by atoms with Crippen molar-refractivity contribution >= 4 is 17.8 Å². The van der Waals surface area contributed by atoms with E-state index < -0.39 is 0 Å². The van der Waals surface area contributed by atoms with Gasteiger partial charge in [-0.15, -0.1) is 0 Å². The molecule has 1 fully saturated rings. The van der Waals surface area contributed by atoms with Gasteiger partial charge >= 0.3 is 0 Å². The zero-order valence-corrected chi connectivity index (χ0v) is 14.5. The maximum Gasteiger partial charge on any atom is 0.204 e. The highest BCUT2D eigenvalue weighted by molar-refractivity contribution is 5.68. The van der Waals surface area contributed by atoms with Crippen LogP contribution in [0.4, 0.5) is 5.69 Å². The summed E-state index contributed by atoms with van der Waals surface area (Å²) in [6.45, 7) is 2.41. The van der Waals surface area contributed by atoms with Crippen LogP contribution in [-0.2, 0) is 7.05 Å². The Balaban J connectivity index is 0.00000161. The number of hydrogen-bond acceptors (Lipinski definition) is 1. The van der Waals surface area contributed by atoms with Crippen LogP contribution in [0.25, 0.3) is 12.2 Å². The van der Waals surface area contributed by atoms with E-state index in [-0.39, 0.29) is 24.0 Å². The molecule has 3 rings (SSSR count). The molecule has 2 aromatic rings. The van der Waals surface area contributed by atoms with E-state index in [0.29, 0.717) is 0 Å². The van der Waals surface area contributed by atoms with Gasteiger partial charge in [0.1, 0.15) is 7.05 Å². The number of hydrogen-bond donors (Lipinski definition) is 0. The first-order chi connectivity index (χ1) is 9.83. The fourth-order valence-corrected chi connectivity index (χ4v) is 2.66. The summed E-state index contributed by atoms with van der Waals surface area (Å²) >= 11 is 0. The number of anilines is 1. The van der Waals surface area contributed by atoms with E-state index >= 15 is 0 Å². The molecular formula is C18H21IN2. The second-order valence-corrected chi connectivity index (χ2v) is 5.36. The SMILES string of the molecule is C[n+]1ccccc1/C=C/c1ccc(N2CCCC2)cc1.[I-]. The molecule has 0 bridgehead atoms. The van der Waals surface area contributed by atoms with Crippen LogP contribution in [0, 0.1) is 0 Å². The van der Waals surface area contributed by atoms with Gasteiger partial charge in [-0.3, -0.25) is 0 Å². The molecule has 2 nitrogen and oxygen atoms in total. The summed E-state index contributed by atoms with van der Waals surface area (Å²) in [6.07, 6.45) is 9.04. The Hall–Kier alpha value is -1.36. The molecule has 0 amide bonds. The van der Waals surface area contributed by atoms with Gasteiger partial charge in [0.05, 0.1) is 0 Å². The molecular weight excluding hydrogens is 371 g/mol. The molecule has 1 aliphatic rings. The number of pyridine rings is 1. The molecule has 0 saturated carbocycles. The average Bonchev–Trinajstić information content (AvgIpc) is 3.01. The van der Waals surface area contributed by atoms with Gasteiger partial charge in [0.25, 0.3) is 0 Å². The molecule has 3 heteroatoms. The van der Waals surface area contributed by atoms with E-state index in [1.54, 1.807) is 0 Å². The Morgan fingerprint density at radius 1 is 0.952 bits per heavy atom. The van der Waals surface area contributed by atoms with Crippen LogP contribution < -0.4 is 33.4 Å². The molecule has 0 aliphatic carbocycles. The second-order valence-electron chi connectivity index (χ2n) is 5.36. The predicted octanol–water partition coefficient (Wildman–Crippen LogP) is 0.286. The van der Waals surface area contributed by atoms with Crippen LogP contribution in [0.2, 0.25) is 0 Å². The first-order valence-electron chi connectivity index (χ1n) is 7.31. The van der Waals surface area contributed by atoms with Crippen molar-refractivity contribution in [2.24, 2.45) is 7.05 Å². The topological polar surface area (TPSA) is 7.12 Å². The van der Waals surface area contributed by atoms with Gasteiger partial charge in [0.2, 0.25) is 5.69 Å². The number of halogens is 1. The van der Waals surface area contributed by atoms with Crippen LogP contribution in [0.5, 0.6) is 0 Å². The molecule has 2 heterocycles. The number of rotatable bonds is 3. The summed E-state index contributed by atoms with van der Waals surface area (Å²) < 4.78 is 2.12. The molecule has 1 saturated heterocycles. The lowest BCUT2D eigenvalue weighted by Gasteiger charge is -2.17. The molecule has 1 aromatic heterocycles. The highest BCUT2D eigenvalue weighted by Gasteiger charge is 2.11. The minimum atomic E-state index is 0. The van der Waals surface area contributed by atoms with Crippen molar-refractivity contribution in [3.63, 3.8) is 0 Å². The van der Waals surface area contributed by atoms with Crippen molar-refractivity contribution in [3.8, 4) is 0 Å². The fraction of sp³-hybridized carbons (Fsp3) is 0.278. The van der Waals surface area contributed by atoms with Crippen molar-refractivity contribution < 1.29 is 28.5 Å². The Morgan fingerprint density at radius 2 is 1.67 bits per heavy atom. The van der Waals surface area contributed by atoms with Crippen LogP contribution in [0.3, 0.4) is 0 Å². The highest BCUT2D eigenvalue weighted by atomic mass is 127. The van der Waals surface area contributed by atoms with E-state index in [1.165, 1.54) is 42.9 Å². The summed E-state index contributed by atoms with van der Waals surface area (Å²) in [4.78, 5) is 2.46. The Kier molecular flexibility index (Phi) is 5.79. The van der Waals surface area contributed by atoms with E-state index in [4.69, 9.17) is 0 Å². The molecule has 1 aromatic carbocycles. The molecule has 0 atom stereocenters. The van der Waals surface area contributed by atoms with Crippen molar-refractivity contribution in [1.82, 2.24) is 0 Å². The predicted molar refractivity (Wildman–Crippen MR) is 84.4 cm³/mol. The molecule has 110 valence electrons. The van der Waals surface area contributed by atoms with E-state index in [0.717, 1.165) is 0 Å². The quantitative estimate of drug-likeness (QED) is 0.538. The van der Waals surface area contributed by atoms with Gasteiger partial charge in [-0.25, -0.2) is 4.57 Å². The van der Waals surface area contributed by atoms with Crippen molar-refractivity contribution in [1.29, 1.82) is 0 Å². The number of nitrogens with zero attached hydrogens (tertiary/aromatic N) is 2. The maximum atomic E-state index is 2.46. The van der Waals surface area contributed by atoms with Gasteiger partial charge in [-0.2, -0.15) is 0 Å². The Morgan fingerprint density at radius 3 is 2.33 bits per heavy atom. The maximum absolute atomic E-state index is 2.46. The number of benzene rings is 1. The molecule has 0 N–H and O–H groups in total. The third-order valence-electron chi connectivity index (χ3n) is 3.91. The lowest BCUT2D eigenvalue weighted by atomic mass is 10.1. The second kappa shape index (κ2) is 7.59. The molecule has 0 radical (unpaired) electrons. The van der Waals surface area contributed by atoms with Gasteiger partial charge in [-0.1, -0.05) is 12.1 Å². The first-order valence-corrected chi connectivity index (χ1v) is 7.31. The third kappa shape index (κ3) is 4.06. The van der Waals surface area contributed by atoms with Gasteiger partial charge in [0.15, 0.2) is 6.20 Å². The van der Waals surface area contributed by atoms with Crippen molar-refractivity contribution in [3.05, 3.63) is 59.9 Å². The zero-order valence-electron chi connectivity index (χ0n) is 12.4. The molecule has 21 heavy (non-hydrogen) atoms. The highest BCUT2D eigenvalue weighted by Crippen LogP contribution is 2.20. The monoisotopic (exact) mass is 392 g/mol. The van der Waals surface area contributed by atoms with Crippen molar-refractivity contribution in [2.75, 3.05) is 18.0 Å². The summed E-state index contributed by atoms with van der Waals surface area (Å²) in [7, 11) is 2.07. The first kappa shape index (κ1) is 16.0. The Labute approximate surface area is 144 Å². The fourth-order valence-electron chi connectivity index (χ4n) is 2.66. The number of aryl methyl sites for hydroxylation is 1. The van der Waals surface area contributed by atoms with Gasteiger partial charge in [-0.05, 0) is 42.7 Å². The smallest absolute Gasteiger partial charge is 0.204 e. The summed E-state index contributed by atoms with van der Waals surface area (Å²) in [5, 5.41) is 0. The lowest BCUT2D eigenvalue weighted by molar-refractivity contribution is -0.673.